The van der Waals surface area contributed by atoms with Gasteiger partial charge >= 0.3 is 0 Å². The molecule has 1 saturated heterocycles. The molecule has 0 unspecified atom stereocenters. The molecule has 3 aromatic rings. The number of piperazine rings is 1. The number of rotatable bonds is 10. The Morgan fingerprint density at radius 3 is 2.30 bits per heavy atom. The molecule has 0 amide bonds. The summed E-state index contributed by atoms with van der Waals surface area (Å²) in [4.78, 5) is 6.70. The van der Waals surface area contributed by atoms with Crippen LogP contribution in [-0.4, -0.2) is 53.9 Å². The first kappa shape index (κ1) is 27.2. The summed E-state index contributed by atoms with van der Waals surface area (Å²) in [5.41, 5.74) is 4.40. The summed E-state index contributed by atoms with van der Waals surface area (Å²) < 4.78 is 28.0. The summed E-state index contributed by atoms with van der Waals surface area (Å²) >= 11 is 5.35. The predicted octanol–water partition coefficient (Wildman–Crippen LogP) is 4.42. The Hall–Kier alpha value is -2.85. The summed E-state index contributed by atoms with van der Waals surface area (Å²) in [6.45, 7) is 6.01. The second kappa shape index (κ2) is 13.1. The first-order chi connectivity index (χ1) is 17.9. The van der Waals surface area contributed by atoms with Crippen LogP contribution in [0.15, 0.2) is 78.0 Å². The highest BCUT2D eigenvalue weighted by atomic mass is 32.2. The third kappa shape index (κ3) is 7.82. The van der Waals surface area contributed by atoms with Crippen molar-refractivity contribution in [3.8, 4) is 0 Å². The van der Waals surface area contributed by atoms with Crippen LogP contribution in [0.3, 0.4) is 0 Å². The van der Waals surface area contributed by atoms with Gasteiger partial charge < -0.3 is 10.6 Å². The number of aryl methyl sites for hydroxylation is 1. The van der Waals surface area contributed by atoms with Crippen LogP contribution < -0.4 is 10.6 Å². The first-order valence-electron chi connectivity index (χ1n) is 12.8. The van der Waals surface area contributed by atoms with Gasteiger partial charge in [-0.05, 0) is 72.1 Å². The van der Waals surface area contributed by atoms with Crippen molar-refractivity contribution < 1.29 is 8.42 Å². The Morgan fingerprint density at radius 1 is 0.946 bits per heavy atom. The Kier molecular flexibility index (Phi) is 9.62. The Morgan fingerprint density at radius 2 is 1.65 bits per heavy atom. The molecule has 196 valence electrons. The van der Waals surface area contributed by atoms with Gasteiger partial charge in [-0.3, -0.25) is 9.88 Å². The van der Waals surface area contributed by atoms with E-state index in [1.165, 1.54) is 24.0 Å². The second-order valence-electron chi connectivity index (χ2n) is 9.29. The van der Waals surface area contributed by atoms with Gasteiger partial charge in [-0.1, -0.05) is 43.7 Å². The van der Waals surface area contributed by atoms with E-state index in [1.54, 1.807) is 41.0 Å². The molecule has 2 aromatic carbocycles. The lowest BCUT2D eigenvalue weighted by molar-refractivity contribution is 0.181. The quantitative estimate of drug-likeness (QED) is 0.371. The molecular formula is C28H35N5O2S2. The smallest absolute Gasteiger partial charge is 0.243 e. The molecule has 7 nitrogen and oxygen atoms in total. The van der Waals surface area contributed by atoms with Gasteiger partial charge in [0.15, 0.2) is 5.11 Å². The topological polar surface area (TPSA) is 77.6 Å². The molecular weight excluding hydrogens is 502 g/mol. The van der Waals surface area contributed by atoms with E-state index in [9.17, 15) is 8.42 Å². The van der Waals surface area contributed by atoms with Crippen LogP contribution in [0.5, 0.6) is 0 Å². The van der Waals surface area contributed by atoms with E-state index in [2.05, 4.69) is 51.7 Å². The zero-order chi connectivity index (χ0) is 26.1. The standard InChI is InChI=1S/C28H35N5O2S2/c1-2-3-5-23-7-9-24(10-8-23)22-32-16-18-33(19-17-32)37(34,35)27-13-11-26(12-14-27)31-28(36)30-21-25-6-4-15-29-20-25/h4,6-15,20H,2-3,5,16-19,21-22H2,1H3,(H2,30,31,36). The molecule has 0 aliphatic carbocycles. The number of nitrogens with one attached hydrogen (secondary N) is 2. The van der Waals surface area contributed by atoms with E-state index in [0.717, 1.165) is 24.2 Å². The average Bonchev–Trinajstić information content (AvgIpc) is 2.93. The molecule has 4 rings (SSSR count). The van der Waals surface area contributed by atoms with Crippen LogP contribution in [0.4, 0.5) is 5.69 Å². The number of unbranched alkanes of at least 4 members (excludes halogenated alkanes) is 1. The van der Waals surface area contributed by atoms with Crippen LogP contribution in [0.25, 0.3) is 0 Å². The molecule has 1 fully saturated rings. The number of benzene rings is 2. The van der Waals surface area contributed by atoms with Crippen molar-refractivity contribution >= 4 is 33.0 Å². The van der Waals surface area contributed by atoms with E-state index >= 15 is 0 Å². The molecule has 1 aliphatic heterocycles. The summed E-state index contributed by atoms with van der Waals surface area (Å²) in [5, 5.41) is 6.69. The molecule has 2 heterocycles. The van der Waals surface area contributed by atoms with Crippen molar-refractivity contribution in [3.63, 3.8) is 0 Å². The van der Waals surface area contributed by atoms with Crippen molar-refractivity contribution in [2.75, 3.05) is 31.5 Å². The monoisotopic (exact) mass is 537 g/mol. The molecule has 37 heavy (non-hydrogen) atoms. The van der Waals surface area contributed by atoms with Crippen molar-refractivity contribution in [2.45, 2.75) is 44.2 Å². The molecule has 2 N–H and O–H groups in total. The van der Waals surface area contributed by atoms with Gasteiger partial charge in [0.1, 0.15) is 0 Å². The van der Waals surface area contributed by atoms with Gasteiger partial charge in [-0.2, -0.15) is 4.31 Å². The number of nitrogens with zero attached hydrogens (tertiary/aromatic N) is 3. The molecule has 0 radical (unpaired) electrons. The Bertz CT molecular complexity index is 1240. The fourth-order valence-corrected chi connectivity index (χ4v) is 5.91. The van der Waals surface area contributed by atoms with E-state index in [1.807, 2.05) is 12.1 Å². The second-order valence-corrected chi connectivity index (χ2v) is 11.6. The van der Waals surface area contributed by atoms with Crippen LogP contribution in [0.2, 0.25) is 0 Å². The van der Waals surface area contributed by atoms with Gasteiger partial charge in [0, 0.05) is 57.3 Å². The third-order valence-corrected chi connectivity index (χ3v) is 8.66. The van der Waals surface area contributed by atoms with Crippen LogP contribution in [-0.2, 0) is 29.5 Å². The van der Waals surface area contributed by atoms with Crippen molar-refractivity contribution in [1.82, 2.24) is 19.5 Å². The average molecular weight is 538 g/mol. The predicted molar refractivity (Wildman–Crippen MR) is 153 cm³/mol. The zero-order valence-corrected chi connectivity index (χ0v) is 22.9. The maximum Gasteiger partial charge on any atom is 0.243 e. The molecule has 0 spiro atoms. The van der Waals surface area contributed by atoms with E-state index in [4.69, 9.17) is 12.2 Å². The third-order valence-electron chi connectivity index (χ3n) is 6.51. The van der Waals surface area contributed by atoms with Crippen molar-refractivity contribution in [1.29, 1.82) is 0 Å². The Labute approximate surface area is 226 Å². The minimum atomic E-state index is -3.54. The van der Waals surface area contributed by atoms with Crippen molar-refractivity contribution in [2.24, 2.45) is 0 Å². The van der Waals surface area contributed by atoms with Gasteiger partial charge in [-0.15, -0.1) is 0 Å². The highest BCUT2D eigenvalue weighted by Gasteiger charge is 2.28. The largest absolute Gasteiger partial charge is 0.358 e. The number of sulfonamides is 1. The van der Waals surface area contributed by atoms with E-state index < -0.39 is 10.0 Å². The minimum absolute atomic E-state index is 0.295. The Balaban J connectivity index is 1.25. The first-order valence-corrected chi connectivity index (χ1v) is 14.6. The fourth-order valence-electron chi connectivity index (χ4n) is 4.30. The summed E-state index contributed by atoms with van der Waals surface area (Å²) in [6, 6.07) is 19.4. The number of thiocarbonyl (C=S) groups is 1. The number of anilines is 1. The number of pyridine rings is 1. The van der Waals surface area contributed by atoms with Crippen LogP contribution in [0.1, 0.15) is 36.5 Å². The molecule has 0 bridgehead atoms. The SMILES string of the molecule is CCCCc1ccc(CN2CCN(S(=O)(=O)c3ccc(NC(=S)NCc4cccnc4)cc3)CC2)cc1. The zero-order valence-electron chi connectivity index (χ0n) is 21.3. The summed E-state index contributed by atoms with van der Waals surface area (Å²) in [6.07, 6.45) is 7.05. The van der Waals surface area contributed by atoms with Gasteiger partial charge in [-0.25, -0.2) is 8.42 Å². The van der Waals surface area contributed by atoms with Gasteiger partial charge in [0.05, 0.1) is 4.90 Å². The lowest BCUT2D eigenvalue weighted by atomic mass is 10.1. The number of hydrogen-bond acceptors (Lipinski definition) is 5. The minimum Gasteiger partial charge on any atom is -0.358 e. The van der Waals surface area contributed by atoms with Crippen LogP contribution in [0, 0.1) is 0 Å². The number of hydrogen-bond donors (Lipinski definition) is 2. The lowest BCUT2D eigenvalue weighted by Crippen LogP contribution is -2.48. The fraction of sp³-hybridized carbons (Fsp3) is 0.357. The molecule has 1 aliphatic rings. The van der Waals surface area contributed by atoms with E-state index in [0.29, 0.717) is 42.7 Å². The molecule has 0 saturated carbocycles. The molecule has 1 aromatic heterocycles. The number of aromatic nitrogens is 1. The molecule has 9 heteroatoms. The normalized spacial score (nSPS) is 14.8. The van der Waals surface area contributed by atoms with Gasteiger partial charge in [0.2, 0.25) is 10.0 Å². The maximum absolute atomic E-state index is 13.2. The highest BCUT2D eigenvalue weighted by Crippen LogP contribution is 2.21. The lowest BCUT2D eigenvalue weighted by Gasteiger charge is -2.34. The van der Waals surface area contributed by atoms with E-state index in [-0.39, 0.29) is 0 Å². The summed E-state index contributed by atoms with van der Waals surface area (Å²) in [5.74, 6) is 0. The van der Waals surface area contributed by atoms with Crippen LogP contribution >= 0.6 is 12.2 Å². The van der Waals surface area contributed by atoms with Crippen molar-refractivity contribution in [3.05, 3.63) is 89.7 Å². The summed E-state index contributed by atoms with van der Waals surface area (Å²) in [7, 11) is -3.54. The van der Waals surface area contributed by atoms with Gasteiger partial charge in [0.25, 0.3) is 0 Å². The molecule has 0 atom stereocenters. The highest BCUT2D eigenvalue weighted by molar-refractivity contribution is 7.89. The maximum atomic E-state index is 13.2.